The number of nitrogens with zero attached hydrogens (tertiary/aromatic N) is 3. The maximum Gasteiger partial charge on any atom is 0.195 e. The summed E-state index contributed by atoms with van der Waals surface area (Å²) >= 11 is 3.36. The van der Waals surface area contributed by atoms with Crippen molar-refractivity contribution in [2.45, 2.75) is 25.3 Å². The SMILES string of the molecule is Fc1ccccc1Cn1nc(C2CC2)nc1Br. The van der Waals surface area contributed by atoms with E-state index in [1.807, 2.05) is 6.07 Å². The first kappa shape index (κ1) is 10.9. The highest BCUT2D eigenvalue weighted by molar-refractivity contribution is 9.10. The lowest BCUT2D eigenvalue weighted by Crippen LogP contribution is -2.04. The third-order valence-corrected chi connectivity index (χ3v) is 3.45. The maximum absolute atomic E-state index is 13.5. The Hall–Kier alpha value is -1.23. The summed E-state index contributed by atoms with van der Waals surface area (Å²) in [5, 5.41) is 4.40. The van der Waals surface area contributed by atoms with Crippen molar-refractivity contribution in [2.24, 2.45) is 0 Å². The molecule has 1 aromatic heterocycles. The molecular formula is C12H11BrFN3. The van der Waals surface area contributed by atoms with E-state index in [-0.39, 0.29) is 5.82 Å². The zero-order chi connectivity index (χ0) is 11.8. The van der Waals surface area contributed by atoms with Gasteiger partial charge in [0.05, 0.1) is 6.54 Å². The molecule has 1 aliphatic carbocycles. The molecule has 2 aromatic rings. The van der Waals surface area contributed by atoms with E-state index in [1.165, 1.54) is 6.07 Å². The molecule has 5 heteroatoms. The Bertz CT molecular complexity index is 548. The summed E-state index contributed by atoms with van der Waals surface area (Å²) in [6.45, 7) is 0.410. The van der Waals surface area contributed by atoms with Crippen molar-refractivity contribution in [2.75, 3.05) is 0 Å². The van der Waals surface area contributed by atoms with Crippen LogP contribution in [0.25, 0.3) is 0 Å². The molecule has 0 saturated heterocycles. The highest BCUT2D eigenvalue weighted by Gasteiger charge is 2.28. The van der Waals surface area contributed by atoms with Gasteiger partial charge in [0, 0.05) is 11.5 Å². The van der Waals surface area contributed by atoms with Gasteiger partial charge in [0.15, 0.2) is 10.6 Å². The number of benzene rings is 1. The van der Waals surface area contributed by atoms with Gasteiger partial charge < -0.3 is 0 Å². The number of rotatable bonds is 3. The second kappa shape index (κ2) is 4.22. The van der Waals surface area contributed by atoms with Crippen molar-refractivity contribution >= 4 is 15.9 Å². The fraction of sp³-hybridized carbons (Fsp3) is 0.333. The van der Waals surface area contributed by atoms with E-state index in [0.717, 1.165) is 18.7 Å². The lowest BCUT2D eigenvalue weighted by Gasteiger charge is -2.03. The molecule has 1 saturated carbocycles. The molecular weight excluding hydrogens is 285 g/mol. The first-order valence-electron chi connectivity index (χ1n) is 5.57. The van der Waals surface area contributed by atoms with Crippen LogP contribution < -0.4 is 0 Å². The molecule has 1 heterocycles. The van der Waals surface area contributed by atoms with E-state index >= 15 is 0 Å². The summed E-state index contributed by atoms with van der Waals surface area (Å²) in [7, 11) is 0. The van der Waals surface area contributed by atoms with Gasteiger partial charge >= 0.3 is 0 Å². The molecule has 1 fully saturated rings. The van der Waals surface area contributed by atoms with Crippen LogP contribution in [0.15, 0.2) is 29.0 Å². The highest BCUT2D eigenvalue weighted by atomic mass is 79.9. The van der Waals surface area contributed by atoms with E-state index in [1.54, 1.807) is 16.8 Å². The Balaban J connectivity index is 1.87. The average Bonchev–Trinajstić information content (AvgIpc) is 3.09. The number of hydrogen-bond donors (Lipinski definition) is 0. The number of hydrogen-bond acceptors (Lipinski definition) is 2. The number of halogens is 2. The zero-order valence-electron chi connectivity index (χ0n) is 9.11. The fourth-order valence-electron chi connectivity index (χ4n) is 1.74. The van der Waals surface area contributed by atoms with Crippen molar-refractivity contribution in [3.63, 3.8) is 0 Å². The first-order chi connectivity index (χ1) is 8.24. The van der Waals surface area contributed by atoms with Gasteiger partial charge in [-0.25, -0.2) is 14.1 Å². The molecule has 0 N–H and O–H groups in total. The zero-order valence-corrected chi connectivity index (χ0v) is 10.7. The maximum atomic E-state index is 13.5. The molecule has 1 aliphatic rings. The predicted octanol–water partition coefficient (Wildman–Crippen LogP) is 3.11. The molecule has 0 amide bonds. The quantitative estimate of drug-likeness (QED) is 0.871. The Morgan fingerprint density at radius 2 is 2.12 bits per heavy atom. The van der Waals surface area contributed by atoms with Gasteiger partial charge in [-0.05, 0) is 34.8 Å². The second-order valence-corrected chi connectivity index (χ2v) is 4.97. The van der Waals surface area contributed by atoms with E-state index in [2.05, 4.69) is 26.0 Å². The Labute approximate surface area is 107 Å². The standard InChI is InChI=1S/C12H11BrFN3/c13-12-15-11(8-5-6-8)16-17(12)7-9-3-1-2-4-10(9)14/h1-4,8H,5-7H2. The van der Waals surface area contributed by atoms with Gasteiger partial charge in [0.25, 0.3) is 0 Å². The summed E-state index contributed by atoms with van der Waals surface area (Å²) in [6, 6.07) is 6.73. The summed E-state index contributed by atoms with van der Waals surface area (Å²) in [5.74, 6) is 1.17. The Kier molecular flexibility index (Phi) is 2.70. The molecule has 0 aliphatic heterocycles. The molecule has 0 spiro atoms. The van der Waals surface area contributed by atoms with Crippen LogP contribution in [0.2, 0.25) is 0 Å². The van der Waals surface area contributed by atoms with Crippen LogP contribution in [-0.2, 0) is 6.54 Å². The number of aromatic nitrogens is 3. The molecule has 3 nitrogen and oxygen atoms in total. The van der Waals surface area contributed by atoms with Crippen molar-refractivity contribution in [3.05, 3.63) is 46.2 Å². The fourth-order valence-corrected chi connectivity index (χ4v) is 2.13. The largest absolute Gasteiger partial charge is 0.235 e. The predicted molar refractivity (Wildman–Crippen MR) is 65.2 cm³/mol. The van der Waals surface area contributed by atoms with E-state index < -0.39 is 0 Å². The molecule has 0 radical (unpaired) electrons. The normalized spacial score (nSPS) is 15.2. The van der Waals surface area contributed by atoms with Crippen molar-refractivity contribution in [1.29, 1.82) is 0 Å². The molecule has 0 atom stereocenters. The molecule has 88 valence electrons. The second-order valence-electron chi connectivity index (χ2n) is 4.26. The minimum absolute atomic E-state index is 0.206. The van der Waals surface area contributed by atoms with Crippen LogP contribution in [0.1, 0.15) is 30.1 Å². The van der Waals surface area contributed by atoms with Crippen molar-refractivity contribution < 1.29 is 4.39 Å². The van der Waals surface area contributed by atoms with E-state index in [4.69, 9.17) is 0 Å². The smallest absolute Gasteiger partial charge is 0.195 e. The molecule has 1 aromatic carbocycles. The lowest BCUT2D eigenvalue weighted by molar-refractivity contribution is 0.578. The Morgan fingerprint density at radius 1 is 1.35 bits per heavy atom. The van der Waals surface area contributed by atoms with Crippen molar-refractivity contribution in [3.8, 4) is 0 Å². The van der Waals surface area contributed by atoms with Crippen LogP contribution in [0.4, 0.5) is 4.39 Å². The van der Waals surface area contributed by atoms with E-state index in [9.17, 15) is 4.39 Å². The summed E-state index contributed by atoms with van der Waals surface area (Å²) < 4.78 is 15.9. The van der Waals surface area contributed by atoms with E-state index in [0.29, 0.717) is 22.8 Å². The average molecular weight is 296 g/mol. The van der Waals surface area contributed by atoms with Gasteiger partial charge in [-0.15, -0.1) is 0 Å². The lowest BCUT2D eigenvalue weighted by atomic mass is 10.2. The van der Waals surface area contributed by atoms with Gasteiger partial charge in [-0.2, -0.15) is 5.10 Å². The Morgan fingerprint density at radius 3 is 2.82 bits per heavy atom. The van der Waals surface area contributed by atoms with Crippen LogP contribution in [0, 0.1) is 5.82 Å². The van der Waals surface area contributed by atoms with Gasteiger partial charge in [-0.3, -0.25) is 0 Å². The molecule has 17 heavy (non-hydrogen) atoms. The summed E-state index contributed by atoms with van der Waals surface area (Å²) in [4.78, 5) is 4.34. The van der Waals surface area contributed by atoms with Crippen LogP contribution in [0.5, 0.6) is 0 Å². The highest BCUT2D eigenvalue weighted by Crippen LogP contribution is 2.38. The summed E-state index contributed by atoms with van der Waals surface area (Å²) in [6.07, 6.45) is 2.33. The van der Waals surface area contributed by atoms with Crippen LogP contribution in [-0.4, -0.2) is 14.8 Å². The van der Waals surface area contributed by atoms with Crippen LogP contribution >= 0.6 is 15.9 Å². The molecule has 3 rings (SSSR count). The summed E-state index contributed by atoms with van der Waals surface area (Å²) in [5.41, 5.74) is 0.625. The first-order valence-corrected chi connectivity index (χ1v) is 6.37. The minimum Gasteiger partial charge on any atom is -0.235 e. The molecule has 0 bridgehead atoms. The van der Waals surface area contributed by atoms with Crippen LogP contribution in [0.3, 0.4) is 0 Å². The van der Waals surface area contributed by atoms with Crippen molar-refractivity contribution in [1.82, 2.24) is 14.8 Å². The third kappa shape index (κ3) is 2.24. The molecule has 0 unspecified atom stereocenters. The third-order valence-electron chi connectivity index (χ3n) is 2.86. The van der Waals surface area contributed by atoms with Gasteiger partial charge in [-0.1, -0.05) is 18.2 Å². The topological polar surface area (TPSA) is 30.7 Å². The van der Waals surface area contributed by atoms with Gasteiger partial charge in [0.2, 0.25) is 0 Å². The minimum atomic E-state index is -0.206. The van der Waals surface area contributed by atoms with Gasteiger partial charge in [0.1, 0.15) is 5.82 Å². The monoisotopic (exact) mass is 295 g/mol.